The lowest BCUT2D eigenvalue weighted by Crippen LogP contribution is -2.14. The van der Waals surface area contributed by atoms with Crippen LogP contribution in [0.5, 0.6) is 0 Å². The summed E-state index contributed by atoms with van der Waals surface area (Å²) in [5.74, 6) is 0.163. The zero-order chi connectivity index (χ0) is 14.7. The number of anilines is 1. The third kappa shape index (κ3) is 3.50. The van der Waals surface area contributed by atoms with Crippen LogP contribution in [0.2, 0.25) is 5.02 Å². The maximum absolute atomic E-state index is 11.9. The summed E-state index contributed by atoms with van der Waals surface area (Å²) in [5, 5.41) is 16.1. The van der Waals surface area contributed by atoms with Gasteiger partial charge in [0, 0.05) is 10.7 Å². The van der Waals surface area contributed by atoms with E-state index in [1.165, 1.54) is 18.1 Å². The standard InChI is InChI=1S/C13H10ClN5OS/c14-9-1-3-10(4-2-9)16-12(20)7-21-13-6-5-11-17-15-8-19(11)18-13/h1-6,8H,7H2,(H,16,20). The molecule has 1 amide bonds. The van der Waals surface area contributed by atoms with Gasteiger partial charge in [0.05, 0.1) is 5.75 Å². The number of carbonyl (C=O) groups excluding carboxylic acids is 1. The molecule has 0 radical (unpaired) electrons. The summed E-state index contributed by atoms with van der Waals surface area (Å²) in [5.41, 5.74) is 1.39. The Bertz CT molecular complexity index is 774. The minimum absolute atomic E-state index is 0.104. The zero-order valence-electron chi connectivity index (χ0n) is 10.7. The highest BCUT2D eigenvalue weighted by Crippen LogP contribution is 2.17. The van der Waals surface area contributed by atoms with E-state index in [1.807, 2.05) is 6.07 Å². The van der Waals surface area contributed by atoms with E-state index < -0.39 is 0 Å². The lowest BCUT2D eigenvalue weighted by Gasteiger charge is -2.05. The SMILES string of the molecule is O=C(CSc1ccc2nncn2n1)Nc1ccc(Cl)cc1. The summed E-state index contributed by atoms with van der Waals surface area (Å²) in [6.07, 6.45) is 1.52. The fraction of sp³-hybridized carbons (Fsp3) is 0.0769. The van der Waals surface area contributed by atoms with Gasteiger partial charge in [0.15, 0.2) is 5.65 Å². The molecule has 8 heteroatoms. The summed E-state index contributed by atoms with van der Waals surface area (Å²) >= 11 is 7.13. The lowest BCUT2D eigenvalue weighted by molar-refractivity contribution is -0.113. The normalized spacial score (nSPS) is 10.7. The Morgan fingerprint density at radius 2 is 2.05 bits per heavy atom. The molecule has 1 N–H and O–H groups in total. The van der Waals surface area contributed by atoms with E-state index in [2.05, 4.69) is 20.6 Å². The van der Waals surface area contributed by atoms with Crippen molar-refractivity contribution in [2.24, 2.45) is 0 Å². The molecule has 0 unspecified atom stereocenters. The van der Waals surface area contributed by atoms with E-state index in [1.54, 1.807) is 34.8 Å². The second kappa shape index (κ2) is 6.11. The van der Waals surface area contributed by atoms with Gasteiger partial charge in [-0.25, -0.2) is 0 Å². The lowest BCUT2D eigenvalue weighted by atomic mass is 10.3. The zero-order valence-corrected chi connectivity index (χ0v) is 12.3. The fourth-order valence-electron chi connectivity index (χ4n) is 1.66. The maximum atomic E-state index is 11.9. The predicted octanol–water partition coefficient (Wildman–Crippen LogP) is 2.51. The van der Waals surface area contributed by atoms with Crippen LogP contribution in [0, 0.1) is 0 Å². The van der Waals surface area contributed by atoms with Gasteiger partial charge in [-0.2, -0.15) is 9.61 Å². The van der Waals surface area contributed by atoms with Crippen molar-refractivity contribution in [3.63, 3.8) is 0 Å². The molecule has 0 saturated carbocycles. The van der Waals surface area contributed by atoms with Crippen LogP contribution >= 0.6 is 23.4 Å². The molecule has 2 heterocycles. The van der Waals surface area contributed by atoms with Crippen LogP contribution in [0.3, 0.4) is 0 Å². The largest absolute Gasteiger partial charge is 0.325 e. The highest BCUT2D eigenvalue weighted by Gasteiger charge is 2.06. The van der Waals surface area contributed by atoms with Crippen molar-refractivity contribution in [3.8, 4) is 0 Å². The molecule has 0 aliphatic rings. The summed E-state index contributed by atoms with van der Waals surface area (Å²) in [6, 6.07) is 10.6. The predicted molar refractivity (Wildman–Crippen MR) is 81.6 cm³/mol. The van der Waals surface area contributed by atoms with Crippen LogP contribution in [0.4, 0.5) is 5.69 Å². The summed E-state index contributed by atoms with van der Waals surface area (Å²) in [7, 11) is 0. The maximum Gasteiger partial charge on any atom is 0.234 e. The van der Waals surface area contributed by atoms with Crippen molar-refractivity contribution < 1.29 is 4.79 Å². The van der Waals surface area contributed by atoms with Crippen LogP contribution in [-0.4, -0.2) is 31.5 Å². The topological polar surface area (TPSA) is 72.2 Å². The monoisotopic (exact) mass is 319 g/mol. The molecule has 0 spiro atoms. The molecule has 21 heavy (non-hydrogen) atoms. The smallest absolute Gasteiger partial charge is 0.234 e. The van der Waals surface area contributed by atoms with Gasteiger partial charge in [0.25, 0.3) is 0 Å². The van der Waals surface area contributed by atoms with Crippen molar-refractivity contribution in [1.82, 2.24) is 19.8 Å². The van der Waals surface area contributed by atoms with Gasteiger partial charge < -0.3 is 5.32 Å². The van der Waals surface area contributed by atoms with Crippen molar-refractivity contribution in [1.29, 1.82) is 0 Å². The molecule has 3 aromatic rings. The van der Waals surface area contributed by atoms with Crippen LogP contribution in [-0.2, 0) is 4.79 Å². The number of amides is 1. The Morgan fingerprint density at radius 3 is 2.86 bits per heavy atom. The molecule has 0 fully saturated rings. The molecule has 0 bridgehead atoms. The number of nitrogens with zero attached hydrogens (tertiary/aromatic N) is 4. The summed E-state index contributed by atoms with van der Waals surface area (Å²) in [4.78, 5) is 11.9. The Kier molecular flexibility index (Phi) is 4.03. The molecule has 3 rings (SSSR count). The van der Waals surface area contributed by atoms with Gasteiger partial charge in [-0.3, -0.25) is 4.79 Å². The first-order valence-electron chi connectivity index (χ1n) is 6.06. The summed E-state index contributed by atoms with van der Waals surface area (Å²) in [6.45, 7) is 0. The molecule has 0 aliphatic carbocycles. The Balaban J connectivity index is 1.58. The number of aromatic nitrogens is 4. The van der Waals surface area contributed by atoms with Crippen LogP contribution in [0.15, 0.2) is 47.8 Å². The molecule has 2 aromatic heterocycles. The van der Waals surface area contributed by atoms with E-state index in [9.17, 15) is 4.79 Å². The second-order valence-corrected chi connectivity index (χ2v) is 5.58. The highest BCUT2D eigenvalue weighted by molar-refractivity contribution is 7.99. The molecule has 106 valence electrons. The van der Waals surface area contributed by atoms with Crippen LogP contribution in [0.25, 0.3) is 5.65 Å². The van der Waals surface area contributed by atoms with Crippen molar-refractivity contribution >= 4 is 40.6 Å². The Morgan fingerprint density at radius 1 is 1.24 bits per heavy atom. The number of hydrogen-bond donors (Lipinski definition) is 1. The molecule has 6 nitrogen and oxygen atoms in total. The van der Waals surface area contributed by atoms with E-state index in [4.69, 9.17) is 11.6 Å². The number of benzene rings is 1. The van der Waals surface area contributed by atoms with Gasteiger partial charge in [-0.1, -0.05) is 23.4 Å². The third-order valence-corrected chi connectivity index (χ3v) is 3.79. The van der Waals surface area contributed by atoms with E-state index in [-0.39, 0.29) is 11.7 Å². The highest BCUT2D eigenvalue weighted by atomic mass is 35.5. The van der Waals surface area contributed by atoms with Crippen LogP contribution < -0.4 is 5.32 Å². The third-order valence-electron chi connectivity index (χ3n) is 2.62. The average molecular weight is 320 g/mol. The van der Waals surface area contributed by atoms with Crippen molar-refractivity contribution in [3.05, 3.63) is 47.7 Å². The Labute approximate surface area is 129 Å². The number of thioether (sulfide) groups is 1. The fourth-order valence-corrected chi connectivity index (χ4v) is 2.44. The van der Waals surface area contributed by atoms with E-state index in [0.29, 0.717) is 16.4 Å². The molecule has 0 aliphatic heterocycles. The van der Waals surface area contributed by atoms with E-state index >= 15 is 0 Å². The minimum Gasteiger partial charge on any atom is -0.325 e. The quantitative estimate of drug-likeness (QED) is 0.748. The molecule has 0 atom stereocenters. The van der Waals surface area contributed by atoms with Gasteiger partial charge >= 0.3 is 0 Å². The van der Waals surface area contributed by atoms with Crippen LogP contribution in [0.1, 0.15) is 0 Å². The van der Waals surface area contributed by atoms with Gasteiger partial charge in [-0.05, 0) is 36.4 Å². The average Bonchev–Trinajstić information content (AvgIpc) is 2.95. The van der Waals surface area contributed by atoms with E-state index in [0.717, 1.165) is 5.03 Å². The minimum atomic E-state index is -0.104. The number of rotatable bonds is 4. The number of hydrogen-bond acceptors (Lipinski definition) is 5. The first-order chi connectivity index (χ1) is 10.2. The second-order valence-electron chi connectivity index (χ2n) is 4.15. The molecular formula is C13H10ClN5OS. The van der Waals surface area contributed by atoms with Crippen molar-refractivity contribution in [2.75, 3.05) is 11.1 Å². The number of carbonyl (C=O) groups is 1. The van der Waals surface area contributed by atoms with Gasteiger partial charge in [0.1, 0.15) is 11.4 Å². The number of halogens is 1. The number of fused-ring (bicyclic) bond motifs is 1. The Hall–Kier alpha value is -2.12. The first kappa shape index (κ1) is 13.8. The first-order valence-corrected chi connectivity index (χ1v) is 7.42. The van der Waals surface area contributed by atoms with Gasteiger partial charge in [-0.15, -0.1) is 10.2 Å². The molecule has 1 aromatic carbocycles. The molecular weight excluding hydrogens is 310 g/mol. The van der Waals surface area contributed by atoms with Gasteiger partial charge in [0.2, 0.25) is 5.91 Å². The van der Waals surface area contributed by atoms with Crippen molar-refractivity contribution in [2.45, 2.75) is 5.03 Å². The molecule has 0 saturated heterocycles. The number of nitrogens with one attached hydrogen (secondary N) is 1. The summed E-state index contributed by atoms with van der Waals surface area (Å²) < 4.78 is 1.57.